The second kappa shape index (κ2) is 6.84. The minimum Gasteiger partial charge on any atom is -0.316 e. The molecule has 1 aliphatic rings. The van der Waals surface area contributed by atoms with Gasteiger partial charge in [-0.1, -0.05) is 6.92 Å². The van der Waals surface area contributed by atoms with E-state index in [-0.39, 0.29) is 6.04 Å². The lowest BCUT2D eigenvalue weighted by Gasteiger charge is -2.25. The number of rotatable bonds is 9. The number of hydrogen-bond donors (Lipinski definition) is 2. The highest BCUT2D eigenvalue weighted by Crippen LogP contribution is 2.26. The molecular formula is C12H27N3O2S. The molecule has 0 aliphatic heterocycles. The first-order chi connectivity index (χ1) is 8.38. The van der Waals surface area contributed by atoms with E-state index in [1.807, 2.05) is 6.92 Å². The molecule has 2 atom stereocenters. The topological polar surface area (TPSA) is 61.4 Å². The SMILES string of the molecule is CCNCC(C)S(=O)(=O)NCC(C)N(C)C1CC1. The summed E-state index contributed by atoms with van der Waals surface area (Å²) < 4.78 is 26.7. The van der Waals surface area contributed by atoms with Crippen molar-refractivity contribution in [1.29, 1.82) is 0 Å². The fourth-order valence-electron chi connectivity index (χ4n) is 1.82. The summed E-state index contributed by atoms with van der Waals surface area (Å²) in [4.78, 5) is 2.26. The number of hydrogen-bond acceptors (Lipinski definition) is 4. The number of likely N-dealkylation sites (N-methyl/N-ethyl adjacent to an activating group) is 1. The lowest BCUT2D eigenvalue weighted by molar-refractivity contribution is 0.248. The van der Waals surface area contributed by atoms with Crippen LogP contribution in [0.5, 0.6) is 0 Å². The van der Waals surface area contributed by atoms with Crippen LogP contribution in [-0.2, 0) is 10.0 Å². The van der Waals surface area contributed by atoms with Gasteiger partial charge in [0.25, 0.3) is 0 Å². The van der Waals surface area contributed by atoms with Gasteiger partial charge in [-0.15, -0.1) is 0 Å². The Morgan fingerprint density at radius 3 is 2.39 bits per heavy atom. The number of nitrogens with one attached hydrogen (secondary N) is 2. The Labute approximate surface area is 111 Å². The van der Waals surface area contributed by atoms with Crippen molar-refractivity contribution < 1.29 is 8.42 Å². The van der Waals surface area contributed by atoms with Crippen LogP contribution in [-0.4, -0.2) is 57.3 Å². The van der Waals surface area contributed by atoms with E-state index in [1.54, 1.807) is 6.92 Å². The van der Waals surface area contributed by atoms with Crippen molar-refractivity contribution in [3.05, 3.63) is 0 Å². The smallest absolute Gasteiger partial charge is 0.215 e. The van der Waals surface area contributed by atoms with Crippen LogP contribution >= 0.6 is 0 Å². The normalized spacial score (nSPS) is 20.1. The van der Waals surface area contributed by atoms with Crippen molar-refractivity contribution >= 4 is 10.0 Å². The summed E-state index contributed by atoms with van der Waals surface area (Å²) in [5, 5.41) is 2.67. The van der Waals surface area contributed by atoms with E-state index in [0.717, 1.165) is 6.54 Å². The molecule has 0 aromatic carbocycles. The molecule has 0 heterocycles. The number of sulfonamides is 1. The van der Waals surface area contributed by atoms with Gasteiger partial charge in [0.2, 0.25) is 10.0 Å². The molecule has 0 saturated heterocycles. The molecule has 1 aliphatic carbocycles. The zero-order valence-corrected chi connectivity index (χ0v) is 12.8. The maximum atomic E-state index is 12.0. The Morgan fingerprint density at radius 2 is 1.89 bits per heavy atom. The molecule has 1 rings (SSSR count). The fourth-order valence-corrected chi connectivity index (χ4v) is 2.92. The van der Waals surface area contributed by atoms with Gasteiger partial charge in [-0.25, -0.2) is 13.1 Å². The molecule has 6 heteroatoms. The minimum atomic E-state index is -3.21. The van der Waals surface area contributed by atoms with E-state index in [0.29, 0.717) is 19.1 Å². The van der Waals surface area contributed by atoms with E-state index in [2.05, 4.69) is 28.9 Å². The minimum absolute atomic E-state index is 0.249. The molecular weight excluding hydrogens is 250 g/mol. The highest BCUT2D eigenvalue weighted by Gasteiger charge is 2.30. The van der Waals surface area contributed by atoms with Crippen LogP contribution < -0.4 is 10.0 Å². The van der Waals surface area contributed by atoms with Gasteiger partial charge in [0.05, 0.1) is 5.25 Å². The average molecular weight is 277 g/mol. The average Bonchev–Trinajstić information content (AvgIpc) is 3.16. The zero-order chi connectivity index (χ0) is 13.8. The Hall–Kier alpha value is -0.170. The first-order valence-corrected chi connectivity index (χ1v) is 8.34. The molecule has 5 nitrogen and oxygen atoms in total. The van der Waals surface area contributed by atoms with Crippen molar-refractivity contribution in [1.82, 2.24) is 14.9 Å². The van der Waals surface area contributed by atoms with Crippen LogP contribution in [0.2, 0.25) is 0 Å². The molecule has 0 aromatic rings. The molecule has 2 unspecified atom stereocenters. The Bertz CT molecular complexity index is 341. The van der Waals surface area contributed by atoms with Crippen LogP contribution in [0.1, 0.15) is 33.6 Å². The van der Waals surface area contributed by atoms with Crippen molar-refractivity contribution in [2.45, 2.75) is 50.9 Å². The van der Waals surface area contributed by atoms with Gasteiger partial charge in [0.15, 0.2) is 0 Å². The Balaban J connectivity index is 2.35. The summed E-state index contributed by atoms with van der Waals surface area (Å²) in [5.74, 6) is 0. The van der Waals surface area contributed by atoms with E-state index in [1.165, 1.54) is 12.8 Å². The molecule has 0 radical (unpaired) electrons. The van der Waals surface area contributed by atoms with Crippen molar-refractivity contribution in [2.24, 2.45) is 0 Å². The third-order valence-electron chi connectivity index (χ3n) is 3.61. The maximum Gasteiger partial charge on any atom is 0.215 e. The van der Waals surface area contributed by atoms with Crippen molar-refractivity contribution in [3.8, 4) is 0 Å². The summed E-state index contributed by atoms with van der Waals surface area (Å²) in [6.45, 7) is 7.56. The molecule has 1 fully saturated rings. The highest BCUT2D eigenvalue weighted by atomic mass is 32.2. The van der Waals surface area contributed by atoms with Gasteiger partial charge in [-0.05, 0) is 40.3 Å². The molecule has 108 valence electrons. The molecule has 18 heavy (non-hydrogen) atoms. The van der Waals surface area contributed by atoms with Crippen LogP contribution in [0, 0.1) is 0 Å². The van der Waals surface area contributed by atoms with Gasteiger partial charge in [-0.3, -0.25) is 4.90 Å². The summed E-state index contributed by atoms with van der Waals surface area (Å²) in [7, 11) is -1.14. The van der Waals surface area contributed by atoms with E-state index < -0.39 is 15.3 Å². The first-order valence-electron chi connectivity index (χ1n) is 6.79. The molecule has 0 bridgehead atoms. The van der Waals surface area contributed by atoms with Crippen molar-refractivity contribution in [2.75, 3.05) is 26.7 Å². The summed E-state index contributed by atoms with van der Waals surface area (Å²) in [6, 6.07) is 0.905. The van der Waals surface area contributed by atoms with Gasteiger partial charge < -0.3 is 5.32 Å². The second-order valence-corrected chi connectivity index (χ2v) is 7.44. The van der Waals surface area contributed by atoms with Crippen LogP contribution in [0.3, 0.4) is 0 Å². The van der Waals surface area contributed by atoms with Gasteiger partial charge >= 0.3 is 0 Å². The summed E-state index contributed by atoms with van der Waals surface area (Å²) >= 11 is 0. The summed E-state index contributed by atoms with van der Waals surface area (Å²) in [5.41, 5.74) is 0. The summed E-state index contributed by atoms with van der Waals surface area (Å²) in [6.07, 6.45) is 2.48. The van der Waals surface area contributed by atoms with E-state index in [9.17, 15) is 8.42 Å². The first kappa shape index (κ1) is 15.9. The molecule has 1 saturated carbocycles. The predicted molar refractivity (Wildman–Crippen MR) is 75.2 cm³/mol. The fraction of sp³-hybridized carbons (Fsp3) is 1.00. The highest BCUT2D eigenvalue weighted by molar-refractivity contribution is 7.90. The monoisotopic (exact) mass is 277 g/mol. The molecule has 0 spiro atoms. The van der Waals surface area contributed by atoms with Crippen molar-refractivity contribution in [3.63, 3.8) is 0 Å². The third-order valence-corrected chi connectivity index (χ3v) is 5.40. The lowest BCUT2D eigenvalue weighted by atomic mass is 10.3. The standard InChI is InChI=1S/C12H27N3O2S/c1-5-13-9-11(3)18(16,17)14-8-10(2)15(4)12-6-7-12/h10-14H,5-9H2,1-4H3. The number of nitrogens with zero attached hydrogens (tertiary/aromatic N) is 1. The van der Waals surface area contributed by atoms with Gasteiger partial charge in [0, 0.05) is 25.2 Å². The van der Waals surface area contributed by atoms with E-state index >= 15 is 0 Å². The predicted octanol–water partition coefficient (Wildman–Crippen LogP) is 0.387. The van der Waals surface area contributed by atoms with Crippen LogP contribution in [0.4, 0.5) is 0 Å². The maximum absolute atomic E-state index is 12.0. The van der Waals surface area contributed by atoms with Gasteiger partial charge in [0.1, 0.15) is 0 Å². The largest absolute Gasteiger partial charge is 0.316 e. The zero-order valence-electron chi connectivity index (χ0n) is 11.9. The van der Waals surface area contributed by atoms with Crippen LogP contribution in [0.25, 0.3) is 0 Å². The molecule has 2 N–H and O–H groups in total. The molecule has 0 amide bonds. The van der Waals surface area contributed by atoms with Gasteiger partial charge in [-0.2, -0.15) is 0 Å². The third kappa shape index (κ3) is 4.84. The van der Waals surface area contributed by atoms with Crippen LogP contribution in [0.15, 0.2) is 0 Å². The lowest BCUT2D eigenvalue weighted by Crippen LogP contribution is -2.45. The van der Waals surface area contributed by atoms with E-state index in [4.69, 9.17) is 0 Å². The quantitative estimate of drug-likeness (QED) is 0.640. The Morgan fingerprint density at radius 1 is 1.28 bits per heavy atom. The molecule has 0 aromatic heterocycles. The second-order valence-electron chi connectivity index (χ2n) is 5.26. The Kier molecular flexibility index (Phi) is 6.04.